The number of carbonyl (C=O) groups is 3. The first kappa shape index (κ1) is 21.3. The van der Waals surface area contributed by atoms with Gasteiger partial charge in [0.2, 0.25) is 0 Å². The molecule has 3 N–H and O–H groups in total. The van der Waals surface area contributed by atoms with Crippen molar-refractivity contribution in [1.29, 1.82) is 0 Å². The standard InChI is InChI=1S/C21H17N3O4S2/c25-16-11-9-15(10-12-16)19(27)23-22-18(26)13-24-20(28)17(30-21(24)29)8-4-7-14-5-2-1-3-6-14/h1-12,25H,13H2,(H,22,26)(H,23,27). The van der Waals surface area contributed by atoms with Crippen molar-refractivity contribution in [3.05, 3.63) is 82.8 Å². The number of benzene rings is 2. The van der Waals surface area contributed by atoms with Crippen LogP contribution in [0.4, 0.5) is 0 Å². The fourth-order valence-electron chi connectivity index (χ4n) is 2.46. The van der Waals surface area contributed by atoms with Crippen molar-refractivity contribution in [3.63, 3.8) is 0 Å². The second-order valence-electron chi connectivity index (χ2n) is 6.11. The van der Waals surface area contributed by atoms with E-state index in [1.165, 1.54) is 29.2 Å². The Hall–Kier alpha value is -3.43. The van der Waals surface area contributed by atoms with Crippen LogP contribution in [0.2, 0.25) is 0 Å². The van der Waals surface area contributed by atoms with Crippen LogP contribution in [0.1, 0.15) is 15.9 Å². The highest BCUT2D eigenvalue weighted by Gasteiger charge is 2.33. The van der Waals surface area contributed by atoms with E-state index in [2.05, 4.69) is 10.9 Å². The summed E-state index contributed by atoms with van der Waals surface area (Å²) in [6.45, 7) is -0.319. The summed E-state index contributed by atoms with van der Waals surface area (Å²) in [5.41, 5.74) is 5.75. The number of phenolic OH excluding ortho intramolecular Hbond substituents is 1. The third kappa shape index (κ3) is 5.56. The smallest absolute Gasteiger partial charge is 0.269 e. The average Bonchev–Trinajstić information content (AvgIpc) is 3.01. The molecule has 3 rings (SSSR count). The summed E-state index contributed by atoms with van der Waals surface area (Å²) in [6.07, 6.45) is 5.26. The third-order valence-electron chi connectivity index (χ3n) is 3.96. The van der Waals surface area contributed by atoms with E-state index in [4.69, 9.17) is 12.2 Å². The van der Waals surface area contributed by atoms with E-state index >= 15 is 0 Å². The van der Waals surface area contributed by atoms with E-state index in [1.807, 2.05) is 36.4 Å². The topological polar surface area (TPSA) is 98.7 Å². The number of rotatable bonds is 5. The number of phenols is 1. The summed E-state index contributed by atoms with van der Waals surface area (Å²) < 4.78 is 0.263. The highest BCUT2D eigenvalue weighted by atomic mass is 32.2. The van der Waals surface area contributed by atoms with Gasteiger partial charge in [-0.1, -0.05) is 66.5 Å². The maximum absolute atomic E-state index is 12.5. The molecule has 2 aromatic carbocycles. The van der Waals surface area contributed by atoms with Crippen molar-refractivity contribution in [2.24, 2.45) is 0 Å². The lowest BCUT2D eigenvalue weighted by Gasteiger charge is -2.14. The van der Waals surface area contributed by atoms with E-state index in [-0.39, 0.29) is 28.1 Å². The molecule has 0 aliphatic carbocycles. The number of aromatic hydroxyl groups is 1. The predicted molar refractivity (Wildman–Crippen MR) is 119 cm³/mol. The number of thiocarbonyl (C=S) groups is 1. The molecule has 1 heterocycles. The van der Waals surface area contributed by atoms with Gasteiger partial charge in [-0.15, -0.1) is 0 Å². The molecule has 1 fully saturated rings. The van der Waals surface area contributed by atoms with E-state index in [1.54, 1.807) is 12.2 Å². The number of hydrazine groups is 1. The second-order valence-corrected chi connectivity index (χ2v) is 7.78. The molecule has 30 heavy (non-hydrogen) atoms. The first-order valence-corrected chi connectivity index (χ1v) is 10.0. The molecule has 152 valence electrons. The number of nitrogens with one attached hydrogen (secondary N) is 2. The minimum Gasteiger partial charge on any atom is -0.508 e. The molecular formula is C21H17N3O4S2. The van der Waals surface area contributed by atoms with Crippen LogP contribution in [0.3, 0.4) is 0 Å². The molecule has 0 unspecified atom stereocenters. The van der Waals surface area contributed by atoms with Crippen molar-refractivity contribution in [1.82, 2.24) is 15.8 Å². The highest BCUT2D eigenvalue weighted by molar-refractivity contribution is 8.26. The van der Waals surface area contributed by atoms with Crippen LogP contribution in [-0.2, 0) is 9.59 Å². The number of amides is 3. The number of thioether (sulfide) groups is 1. The first-order valence-electron chi connectivity index (χ1n) is 8.79. The number of nitrogens with zero attached hydrogens (tertiary/aromatic N) is 1. The maximum Gasteiger partial charge on any atom is 0.269 e. The summed E-state index contributed by atoms with van der Waals surface area (Å²) >= 11 is 6.30. The molecule has 0 radical (unpaired) electrons. The van der Waals surface area contributed by atoms with Gasteiger partial charge in [0, 0.05) is 5.56 Å². The van der Waals surface area contributed by atoms with E-state index < -0.39 is 11.8 Å². The molecule has 7 nitrogen and oxygen atoms in total. The Morgan fingerprint density at radius 2 is 1.77 bits per heavy atom. The van der Waals surface area contributed by atoms with Crippen molar-refractivity contribution in [3.8, 4) is 5.75 Å². The van der Waals surface area contributed by atoms with E-state index in [0.29, 0.717) is 4.91 Å². The van der Waals surface area contributed by atoms with Gasteiger partial charge in [-0.2, -0.15) is 0 Å². The van der Waals surface area contributed by atoms with Crippen molar-refractivity contribution in [2.75, 3.05) is 6.54 Å². The van der Waals surface area contributed by atoms with Gasteiger partial charge in [-0.25, -0.2) is 0 Å². The Kier molecular flexibility index (Phi) is 6.99. The Labute approximate surface area is 182 Å². The summed E-state index contributed by atoms with van der Waals surface area (Å²) in [7, 11) is 0. The van der Waals surface area contributed by atoms with Gasteiger partial charge >= 0.3 is 0 Å². The quantitative estimate of drug-likeness (QED) is 0.376. The van der Waals surface area contributed by atoms with Crippen molar-refractivity contribution < 1.29 is 19.5 Å². The van der Waals surface area contributed by atoms with E-state index in [9.17, 15) is 19.5 Å². The molecule has 1 aliphatic heterocycles. The molecule has 1 saturated heterocycles. The van der Waals surface area contributed by atoms with Crippen LogP contribution in [0.25, 0.3) is 6.08 Å². The monoisotopic (exact) mass is 439 g/mol. The number of hydrogen-bond donors (Lipinski definition) is 3. The van der Waals surface area contributed by atoms with Gasteiger partial charge in [0.05, 0.1) is 4.91 Å². The maximum atomic E-state index is 12.5. The zero-order valence-electron chi connectivity index (χ0n) is 15.6. The SMILES string of the molecule is O=C(CN1C(=O)C(=CC=Cc2ccccc2)SC1=S)NNC(=O)c1ccc(O)cc1. The molecule has 0 aromatic heterocycles. The summed E-state index contributed by atoms with van der Waals surface area (Å²) in [6, 6.07) is 15.2. The molecule has 2 aromatic rings. The number of allylic oxidation sites excluding steroid dienone is 2. The zero-order chi connectivity index (χ0) is 21.5. The van der Waals surface area contributed by atoms with Gasteiger partial charge in [0.1, 0.15) is 16.6 Å². The molecule has 1 aliphatic rings. The third-order valence-corrected chi connectivity index (χ3v) is 5.35. The Balaban J connectivity index is 1.53. The van der Waals surface area contributed by atoms with Crippen LogP contribution in [-0.4, -0.2) is 38.6 Å². The second kappa shape index (κ2) is 9.86. The molecule has 0 spiro atoms. The highest BCUT2D eigenvalue weighted by Crippen LogP contribution is 2.30. The lowest BCUT2D eigenvalue weighted by atomic mass is 10.2. The van der Waals surface area contributed by atoms with Crippen molar-refractivity contribution >= 4 is 52.1 Å². The Morgan fingerprint density at radius 3 is 2.47 bits per heavy atom. The van der Waals surface area contributed by atoms with Crippen LogP contribution in [0, 0.1) is 0 Å². The van der Waals surface area contributed by atoms with Crippen LogP contribution in [0.15, 0.2) is 71.7 Å². The fourth-order valence-corrected chi connectivity index (χ4v) is 3.66. The van der Waals surface area contributed by atoms with Crippen LogP contribution < -0.4 is 10.9 Å². The Bertz CT molecular complexity index is 1030. The fraction of sp³-hybridized carbons (Fsp3) is 0.0476. The predicted octanol–water partition coefficient (Wildman–Crippen LogP) is 2.61. The van der Waals surface area contributed by atoms with Gasteiger partial charge < -0.3 is 5.11 Å². The van der Waals surface area contributed by atoms with E-state index in [0.717, 1.165) is 17.3 Å². The molecule has 3 amide bonds. The van der Waals surface area contributed by atoms with Gasteiger partial charge in [-0.05, 0) is 35.9 Å². The summed E-state index contributed by atoms with van der Waals surface area (Å²) in [5, 5.41) is 9.24. The summed E-state index contributed by atoms with van der Waals surface area (Å²) in [5.74, 6) is -1.50. The molecule has 0 saturated carbocycles. The normalized spacial score (nSPS) is 15.1. The van der Waals surface area contributed by atoms with Crippen LogP contribution in [0.5, 0.6) is 5.75 Å². The molecular weight excluding hydrogens is 422 g/mol. The molecule has 0 bridgehead atoms. The molecule has 0 atom stereocenters. The average molecular weight is 440 g/mol. The van der Waals surface area contributed by atoms with Crippen LogP contribution >= 0.6 is 24.0 Å². The summed E-state index contributed by atoms with van der Waals surface area (Å²) in [4.78, 5) is 38.2. The first-order chi connectivity index (χ1) is 14.4. The lowest BCUT2D eigenvalue weighted by Crippen LogP contribution is -2.47. The minimum atomic E-state index is -0.598. The lowest BCUT2D eigenvalue weighted by molar-refractivity contribution is -0.129. The molecule has 9 heteroatoms. The number of hydrogen-bond acceptors (Lipinski definition) is 6. The van der Waals surface area contributed by atoms with Gasteiger partial charge in [0.15, 0.2) is 0 Å². The number of carbonyl (C=O) groups excluding carboxylic acids is 3. The Morgan fingerprint density at radius 1 is 1.07 bits per heavy atom. The van der Waals surface area contributed by atoms with Crippen molar-refractivity contribution in [2.45, 2.75) is 0 Å². The minimum absolute atomic E-state index is 0.0246. The zero-order valence-corrected chi connectivity index (χ0v) is 17.2. The largest absolute Gasteiger partial charge is 0.508 e. The van der Waals surface area contributed by atoms with Gasteiger partial charge in [0.25, 0.3) is 17.7 Å². The van der Waals surface area contributed by atoms with Gasteiger partial charge in [-0.3, -0.25) is 30.1 Å².